The van der Waals surface area contributed by atoms with Crippen molar-refractivity contribution in [2.24, 2.45) is 11.8 Å². The first-order chi connectivity index (χ1) is 16.4. The molecular formula is C24H52N10. The predicted octanol–water partition coefficient (Wildman–Crippen LogP) is 3.48. The summed E-state index contributed by atoms with van der Waals surface area (Å²) >= 11 is 0. The van der Waals surface area contributed by atoms with E-state index < -0.39 is 0 Å². The van der Waals surface area contributed by atoms with Crippen molar-refractivity contribution < 1.29 is 0 Å². The molecule has 0 amide bonds. The van der Waals surface area contributed by atoms with Gasteiger partial charge < -0.3 is 21.3 Å². The van der Waals surface area contributed by atoms with Gasteiger partial charge in [-0.1, -0.05) is 66.2 Å². The van der Waals surface area contributed by atoms with Crippen molar-refractivity contribution in [1.29, 1.82) is 21.6 Å². The van der Waals surface area contributed by atoms with Crippen molar-refractivity contribution in [3.63, 3.8) is 0 Å². The van der Waals surface area contributed by atoms with Crippen LogP contribution in [0.25, 0.3) is 0 Å². The molecule has 0 heterocycles. The summed E-state index contributed by atoms with van der Waals surface area (Å²) in [7, 11) is 0. The largest absolute Gasteiger partial charge is 0.356 e. The van der Waals surface area contributed by atoms with Gasteiger partial charge in [-0.3, -0.25) is 32.3 Å². The molecule has 0 aliphatic carbocycles. The summed E-state index contributed by atoms with van der Waals surface area (Å²) in [5, 5.41) is 49.3. The Morgan fingerprint density at radius 1 is 0.529 bits per heavy atom. The lowest BCUT2D eigenvalue weighted by Gasteiger charge is -2.18. The Bertz CT molecular complexity index is 528. The van der Waals surface area contributed by atoms with Crippen LogP contribution in [0.1, 0.15) is 91.9 Å². The molecule has 10 nitrogen and oxygen atoms in total. The van der Waals surface area contributed by atoms with Gasteiger partial charge in [0.2, 0.25) is 0 Å². The molecule has 198 valence electrons. The molecule has 2 unspecified atom stereocenters. The van der Waals surface area contributed by atoms with Gasteiger partial charge in [0.05, 0.1) is 0 Å². The Hall–Kier alpha value is -2.52. The highest BCUT2D eigenvalue weighted by Crippen LogP contribution is 2.11. The molecule has 0 spiro atoms. The SMILES string of the molecule is CCCCC(CC)CNC(=N)NC(=N)NCCCCNC(=N)NC(=N)NCC(CC)CCCC. The number of rotatable bonds is 17. The molecule has 34 heavy (non-hydrogen) atoms. The lowest BCUT2D eigenvalue weighted by molar-refractivity contribution is 0.444. The molecular weight excluding hydrogens is 428 g/mol. The highest BCUT2D eigenvalue weighted by Gasteiger charge is 2.08. The quantitative estimate of drug-likeness (QED) is 0.0868. The number of hydrogen-bond donors (Lipinski definition) is 10. The smallest absolute Gasteiger partial charge is 0.195 e. The maximum atomic E-state index is 7.94. The highest BCUT2D eigenvalue weighted by atomic mass is 15.2. The zero-order valence-corrected chi connectivity index (χ0v) is 22.1. The first-order valence-electron chi connectivity index (χ1n) is 13.2. The Labute approximate surface area is 207 Å². The minimum absolute atomic E-state index is 0.116. The van der Waals surface area contributed by atoms with Gasteiger partial charge >= 0.3 is 0 Å². The van der Waals surface area contributed by atoms with Crippen molar-refractivity contribution >= 4 is 23.8 Å². The molecule has 0 aromatic heterocycles. The fourth-order valence-electron chi connectivity index (χ4n) is 3.48. The van der Waals surface area contributed by atoms with E-state index >= 15 is 0 Å². The van der Waals surface area contributed by atoms with Gasteiger partial charge in [-0.25, -0.2) is 0 Å². The van der Waals surface area contributed by atoms with Crippen LogP contribution in [0.4, 0.5) is 0 Å². The minimum Gasteiger partial charge on any atom is -0.356 e. The molecule has 0 aliphatic rings. The lowest BCUT2D eigenvalue weighted by Crippen LogP contribution is -2.47. The Balaban J connectivity index is 3.81. The van der Waals surface area contributed by atoms with E-state index in [2.05, 4.69) is 59.6 Å². The summed E-state index contributed by atoms with van der Waals surface area (Å²) < 4.78 is 0. The van der Waals surface area contributed by atoms with Gasteiger partial charge in [-0.2, -0.15) is 0 Å². The summed E-state index contributed by atoms with van der Waals surface area (Å²) in [5.41, 5.74) is 0. The summed E-state index contributed by atoms with van der Waals surface area (Å²) in [6.45, 7) is 11.5. The van der Waals surface area contributed by atoms with E-state index in [4.69, 9.17) is 21.6 Å². The Morgan fingerprint density at radius 2 is 0.882 bits per heavy atom. The maximum Gasteiger partial charge on any atom is 0.195 e. The maximum absolute atomic E-state index is 7.94. The number of unbranched alkanes of at least 4 members (excludes halogenated alkanes) is 3. The molecule has 2 atom stereocenters. The molecule has 0 saturated carbocycles. The van der Waals surface area contributed by atoms with Gasteiger partial charge in [0.25, 0.3) is 0 Å². The molecule has 0 bridgehead atoms. The van der Waals surface area contributed by atoms with Gasteiger partial charge in [0.15, 0.2) is 23.8 Å². The molecule has 10 heteroatoms. The van der Waals surface area contributed by atoms with E-state index in [1.54, 1.807) is 0 Å². The van der Waals surface area contributed by atoms with Crippen molar-refractivity contribution in [3.8, 4) is 0 Å². The van der Waals surface area contributed by atoms with Crippen LogP contribution in [0, 0.1) is 33.5 Å². The van der Waals surface area contributed by atoms with Crippen molar-refractivity contribution in [2.75, 3.05) is 26.2 Å². The fourth-order valence-corrected chi connectivity index (χ4v) is 3.48. The topological polar surface area (TPSA) is 168 Å². The molecule has 0 radical (unpaired) electrons. The number of hydrogen-bond acceptors (Lipinski definition) is 4. The predicted molar refractivity (Wildman–Crippen MR) is 145 cm³/mol. The molecule has 0 saturated heterocycles. The monoisotopic (exact) mass is 480 g/mol. The van der Waals surface area contributed by atoms with Crippen LogP contribution in [0.5, 0.6) is 0 Å². The fraction of sp³-hybridized carbons (Fsp3) is 0.833. The molecule has 0 rings (SSSR count). The van der Waals surface area contributed by atoms with Gasteiger partial charge in [0, 0.05) is 26.2 Å². The zero-order chi connectivity index (χ0) is 25.6. The van der Waals surface area contributed by atoms with Gasteiger partial charge in [-0.05, 0) is 37.5 Å². The van der Waals surface area contributed by atoms with E-state index in [1.165, 1.54) is 38.5 Å². The van der Waals surface area contributed by atoms with Crippen LogP contribution < -0.4 is 31.9 Å². The lowest BCUT2D eigenvalue weighted by atomic mass is 9.99. The zero-order valence-electron chi connectivity index (χ0n) is 22.1. The Kier molecular flexibility index (Phi) is 19.5. The summed E-state index contributed by atoms with van der Waals surface area (Å²) in [4.78, 5) is 0. The highest BCUT2D eigenvalue weighted by molar-refractivity contribution is 5.96. The third-order valence-electron chi connectivity index (χ3n) is 5.93. The molecule has 10 N–H and O–H groups in total. The van der Waals surface area contributed by atoms with Crippen molar-refractivity contribution in [1.82, 2.24) is 31.9 Å². The first-order valence-corrected chi connectivity index (χ1v) is 13.2. The minimum atomic E-state index is 0.116. The average Bonchev–Trinajstić information content (AvgIpc) is 2.81. The second-order valence-electron chi connectivity index (χ2n) is 8.91. The third-order valence-corrected chi connectivity index (χ3v) is 5.93. The standard InChI is InChI=1S/C24H52N10/c1-5-9-13-19(7-3)17-31-23(27)33-21(25)29-15-11-12-16-30-22(26)34-24(28)32-18-20(8-4)14-10-6-2/h19-20H,5-18H2,1-4H3,(H5,25,27,29,31,33)(H5,26,28,30,32,34). The van der Waals surface area contributed by atoms with Gasteiger partial charge in [0.1, 0.15) is 0 Å². The summed E-state index contributed by atoms with van der Waals surface area (Å²) in [6.07, 6.45) is 11.0. The van der Waals surface area contributed by atoms with Crippen molar-refractivity contribution in [3.05, 3.63) is 0 Å². The third kappa shape index (κ3) is 18.0. The summed E-state index contributed by atoms with van der Waals surface area (Å²) in [5.74, 6) is 1.66. The van der Waals surface area contributed by atoms with Crippen LogP contribution >= 0.6 is 0 Å². The molecule has 0 aromatic carbocycles. The van der Waals surface area contributed by atoms with E-state index in [0.717, 1.165) is 38.8 Å². The van der Waals surface area contributed by atoms with Crippen molar-refractivity contribution in [2.45, 2.75) is 91.9 Å². The van der Waals surface area contributed by atoms with Crippen LogP contribution in [-0.2, 0) is 0 Å². The summed E-state index contributed by atoms with van der Waals surface area (Å²) in [6, 6.07) is 0. The van der Waals surface area contributed by atoms with Gasteiger partial charge in [-0.15, -0.1) is 0 Å². The molecule has 0 fully saturated rings. The molecule has 0 aliphatic heterocycles. The van der Waals surface area contributed by atoms with E-state index in [0.29, 0.717) is 24.9 Å². The normalized spacial score (nSPS) is 12.2. The van der Waals surface area contributed by atoms with Crippen LogP contribution in [0.2, 0.25) is 0 Å². The average molecular weight is 481 g/mol. The van der Waals surface area contributed by atoms with Crippen LogP contribution in [-0.4, -0.2) is 50.0 Å². The van der Waals surface area contributed by atoms with E-state index in [9.17, 15) is 0 Å². The first kappa shape index (κ1) is 31.5. The second-order valence-corrected chi connectivity index (χ2v) is 8.91. The second kappa shape index (κ2) is 21.0. The number of nitrogens with one attached hydrogen (secondary N) is 10. The van der Waals surface area contributed by atoms with Crippen LogP contribution in [0.15, 0.2) is 0 Å². The van der Waals surface area contributed by atoms with E-state index in [-0.39, 0.29) is 23.8 Å². The van der Waals surface area contributed by atoms with E-state index in [1.807, 2.05) is 0 Å². The molecule has 0 aromatic rings. The van der Waals surface area contributed by atoms with Crippen LogP contribution in [0.3, 0.4) is 0 Å². The number of guanidine groups is 4. The Morgan fingerprint density at radius 3 is 1.21 bits per heavy atom.